The molecule has 28 heavy (non-hydrogen) atoms. The van der Waals surface area contributed by atoms with Gasteiger partial charge >= 0.3 is 0 Å². The zero-order valence-electron chi connectivity index (χ0n) is 16.1. The van der Waals surface area contributed by atoms with E-state index in [0.29, 0.717) is 0 Å². The maximum Gasteiger partial charge on any atom is 0.0726 e. The zero-order chi connectivity index (χ0) is 18.9. The second-order valence-electron chi connectivity index (χ2n) is 7.98. The van der Waals surface area contributed by atoms with Gasteiger partial charge in [-0.1, -0.05) is 84.9 Å². The minimum absolute atomic E-state index is 0.231. The average Bonchev–Trinajstić information content (AvgIpc) is 3.21. The molecular weight excluding hydrogens is 338 g/mol. The van der Waals surface area contributed by atoms with E-state index < -0.39 is 0 Å². The van der Waals surface area contributed by atoms with Crippen LogP contribution < -0.4 is 4.90 Å². The molecule has 0 radical (unpaired) electrons. The fourth-order valence-corrected chi connectivity index (χ4v) is 5.50. The summed E-state index contributed by atoms with van der Waals surface area (Å²) in [5, 5.41) is 0. The molecule has 0 unspecified atom stereocenters. The lowest BCUT2D eigenvalue weighted by Gasteiger charge is -2.30. The Morgan fingerprint density at radius 3 is 1.54 bits per heavy atom. The van der Waals surface area contributed by atoms with E-state index in [9.17, 15) is 0 Å². The average molecular weight is 359 g/mol. The zero-order valence-corrected chi connectivity index (χ0v) is 16.1. The van der Waals surface area contributed by atoms with E-state index in [1.165, 1.54) is 50.2 Å². The van der Waals surface area contributed by atoms with Gasteiger partial charge in [-0.2, -0.15) is 0 Å². The van der Waals surface area contributed by atoms with E-state index in [2.05, 4.69) is 110 Å². The molecular formula is C27H21N. The first-order valence-corrected chi connectivity index (χ1v) is 9.84. The van der Waals surface area contributed by atoms with Gasteiger partial charge in [0, 0.05) is 25.3 Å². The first kappa shape index (κ1) is 15.7. The Bertz CT molecular complexity index is 1200. The van der Waals surface area contributed by atoms with Crippen molar-refractivity contribution < 1.29 is 0 Å². The summed E-state index contributed by atoms with van der Waals surface area (Å²) in [6, 6.07) is 33.6. The predicted molar refractivity (Wildman–Crippen MR) is 117 cm³/mol. The van der Waals surface area contributed by atoms with Crippen molar-refractivity contribution >= 4 is 5.69 Å². The van der Waals surface area contributed by atoms with Crippen molar-refractivity contribution in [1.29, 1.82) is 0 Å². The molecule has 0 saturated heterocycles. The quantitative estimate of drug-likeness (QED) is 0.343. The summed E-state index contributed by atoms with van der Waals surface area (Å²) in [5.41, 5.74) is 12.1. The van der Waals surface area contributed by atoms with Crippen molar-refractivity contribution in [3.63, 3.8) is 0 Å². The van der Waals surface area contributed by atoms with Crippen LogP contribution in [0.2, 0.25) is 0 Å². The van der Waals surface area contributed by atoms with Gasteiger partial charge < -0.3 is 4.90 Å². The Morgan fingerprint density at radius 2 is 0.964 bits per heavy atom. The van der Waals surface area contributed by atoms with E-state index in [4.69, 9.17) is 0 Å². The van der Waals surface area contributed by atoms with Gasteiger partial charge in [-0.05, 0) is 45.0 Å². The van der Waals surface area contributed by atoms with Crippen LogP contribution in [0.5, 0.6) is 0 Å². The highest BCUT2D eigenvalue weighted by molar-refractivity contribution is 5.98. The molecule has 0 bridgehead atoms. The largest absolute Gasteiger partial charge is 0.377 e. The molecule has 0 aliphatic heterocycles. The number of hydrogen-bond acceptors (Lipinski definition) is 1. The Morgan fingerprint density at radius 1 is 0.500 bits per heavy atom. The van der Waals surface area contributed by atoms with E-state index in [1.54, 1.807) is 0 Å². The van der Waals surface area contributed by atoms with E-state index in [0.717, 1.165) is 0 Å². The molecule has 0 N–H and O–H groups in total. The molecule has 0 saturated carbocycles. The fraction of sp³-hybridized carbons (Fsp3) is 0.111. The van der Waals surface area contributed by atoms with Crippen LogP contribution in [-0.2, 0) is 5.41 Å². The molecule has 1 heteroatoms. The standard InChI is InChI=1S/C27H21N/c1-28(2)25-17-9-16-24-26(25)20-12-5-8-15-23(20)27(24)21-13-6-3-10-18(21)19-11-4-7-14-22(19)27/h3-17H,1-2H3. The number of benzene rings is 4. The molecule has 0 amide bonds. The lowest BCUT2D eigenvalue weighted by molar-refractivity contribution is 0.793. The highest BCUT2D eigenvalue weighted by atomic mass is 15.1. The van der Waals surface area contributed by atoms with Crippen molar-refractivity contribution in [3.8, 4) is 22.3 Å². The Hall–Kier alpha value is -3.32. The molecule has 4 aromatic carbocycles. The Labute approximate surface area is 165 Å². The third-order valence-electron chi connectivity index (χ3n) is 6.48. The lowest BCUT2D eigenvalue weighted by Crippen LogP contribution is -2.26. The molecule has 6 rings (SSSR count). The number of rotatable bonds is 1. The highest BCUT2D eigenvalue weighted by Gasteiger charge is 2.51. The molecule has 1 nitrogen and oxygen atoms in total. The third kappa shape index (κ3) is 1.68. The van der Waals surface area contributed by atoms with E-state index in [-0.39, 0.29) is 5.41 Å². The Kier molecular flexibility index (Phi) is 3.01. The van der Waals surface area contributed by atoms with E-state index >= 15 is 0 Å². The van der Waals surface area contributed by atoms with Gasteiger partial charge in [0.2, 0.25) is 0 Å². The summed E-state index contributed by atoms with van der Waals surface area (Å²) in [6.07, 6.45) is 0. The summed E-state index contributed by atoms with van der Waals surface area (Å²) >= 11 is 0. The molecule has 0 fully saturated rings. The van der Waals surface area contributed by atoms with Crippen molar-refractivity contribution in [2.45, 2.75) is 5.41 Å². The maximum absolute atomic E-state index is 2.33. The second-order valence-corrected chi connectivity index (χ2v) is 7.98. The van der Waals surface area contributed by atoms with Gasteiger partial charge in [0.25, 0.3) is 0 Å². The molecule has 134 valence electrons. The number of fused-ring (bicyclic) bond motifs is 10. The van der Waals surface area contributed by atoms with Crippen LogP contribution in [0.15, 0.2) is 91.0 Å². The van der Waals surface area contributed by atoms with Crippen LogP contribution in [0.25, 0.3) is 22.3 Å². The summed E-state index contributed by atoms with van der Waals surface area (Å²) in [6.45, 7) is 0. The Balaban J connectivity index is 1.86. The highest BCUT2D eigenvalue weighted by Crippen LogP contribution is 2.63. The second kappa shape index (κ2) is 5.36. The molecule has 4 aromatic rings. The topological polar surface area (TPSA) is 3.24 Å². The predicted octanol–water partition coefficient (Wildman–Crippen LogP) is 6.10. The summed E-state index contributed by atoms with van der Waals surface area (Å²) in [7, 11) is 4.28. The van der Waals surface area contributed by atoms with Crippen molar-refractivity contribution in [2.24, 2.45) is 0 Å². The van der Waals surface area contributed by atoms with Gasteiger partial charge in [0.15, 0.2) is 0 Å². The van der Waals surface area contributed by atoms with Crippen molar-refractivity contribution in [2.75, 3.05) is 19.0 Å². The summed E-state index contributed by atoms with van der Waals surface area (Å²) in [5.74, 6) is 0. The van der Waals surface area contributed by atoms with Crippen LogP contribution in [0.3, 0.4) is 0 Å². The van der Waals surface area contributed by atoms with Gasteiger partial charge in [-0.25, -0.2) is 0 Å². The summed E-state index contributed by atoms with van der Waals surface area (Å²) in [4.78, 5) is 2.24. The van der Waals surface area contributed by atoms with Gasteiger partial charge in [-0.3, -0.25) is 0 Å². The molecule has 2 aliphatic rings. The maximum atomic E-state index is 2.33. The third-order valence-corrected chi connectivity index (χ3v) is 6.48. The monoisotopic (exact) mass is 359 g/mol. The molecule has 0 heterocycles. The number of anilines is 1. The first-order chi connectivity index (χ1) is 13.7. The normalized spacial score (nSPS) is 14.4. The number of hydrogen-bond donors (Lipinski definition) is 0. The van der Waals surface area contributed by atoms with Gasteiger partial charge in [-0.15, -0.1) is 0 Å². The van der Waals surface area contributed by atoms with Crippen molar-refractivity contribution in [3.05, 3.63) is 113 Å². The molecule has 0 atom stereocenters. The number of nitrogens with zero attached hydrogens (tertiary/aromatic N) is 1. The van der Waals surface area contributed by atoms with Crippen LogP contribution in [0.1, 0.15) is 22.3 Å². The van der Waals surface area contributed by atoms with E-state index in [1.807, 2.05) is 0 Å². The fourth-order valence-electron chi connectivity index (χ4n) is 5.50. The van der Waals surface area contributed by atoms with Crippen LogP contribution in [-0.4, -0.2) is 14.1 Å². The van der Waals surface area contributed by atoms with Crippen LogP contribution in [0.4, 0.5) is 5.69 Å². The lowest BCUT2D eigenvalue weighted by atomic mass is 9.70. The summed E-state index contributed by atoms with van der Waals surface area (Å²) < 4.78 is 0. The molecule has 1 spiro atoms. The first-order valence-electron chi connectivity index (χ1n) is 9.84. The van der Waals surface area contributed by atoms with Crippen LogP contribution >= 0.6 is 0 Å². The molecule has 2 aliphatic carbocycles. The molecule has 0 aromatic heterocycles. The smallest absolute Gasteiger partial charge is 0.0726 e. The van der Waals surface area contributed by atoms with Gasteiger partial charge in [0.05, 0.1) is 5.41 Å². The van der Waals surface area contributed by atoms with Crippen LogP contribution in [0, 0.1) is 0 Å². The SMILES string of the molecule is CN(C)c1cccc2c1-c1ccccc1C21c2ccccc2-c2ccccc21. The van der Waals surface area contributed by atoms with Gasteiger partial charge in [0.1, 0.15) is 0 Å². The minimum Gasteiger partial charge on any atom is -0.377 e. The minimum atomic E-state index is -0.231. The van der Waals surface area contributed by atoms with Crippen molar-refractivity contribution in [1.82, 2.24) is 0 Å².